The molecule has 1 aliphatic heterocycles. The van der Waals surface area contributed by atoms with E-state index in [1.807, 2.05) is 6.92 Å². The number of hydrogen-bond acceptors (Lipinski definition) is 3. The van der Waals surface area contributed by atoms with Gasteiger partial charge in [0.15, 0.2) is 0 Å². The number of aryl methyl sites for hydroxylation is 1. The van der Waals surface area contributed by atoms with Crippen molar-refractivity contribution in [3.63, 3.8) is 0 Å². The Morgan fingerprint density at radius 1 is 1.08 bits per heavy atom. The maximum absolute atomic E-state index is 12.2. The molecule has 4 heteroatoms. The summed E-state index contributed by atoms with van der Waals surface area (Å²) in [7, 11) is 0. The maximum Gasteiger partial charge on any atom is 0.255 e. The Morgan fingerprint density at radius 3 is 2.46 bits per heavy atom. The van der Waals surface area contributed by atoms with E-state index in [2.05, 4.69) is 34.5 Å². The molecule has 0 aromatic heterocycles. The van der Waals surface area contributed by atoms with Gasteiger partial charge in [-0.15, -0.1) is 0 Å². The van der Waals surface area contributed by atoms with Crippen molar-refractivity contribution < 1.29 is 9.90 Å². The predicted molar refractivity (Wildman–Crippen MR) is 95.0 cm³/mol. The molecule has 2 aromatic rings. The van der Waals surface area contributed by atoms with Crippen LogP contribution < -0.4 is 5.32 Å². The third kappa shape index (κ3) is 4.15. The van der Waals surface area contributed by atoms with Gasteiger partial charge in [-0.2, -0.15) is 0 Å². The number of rotatable bonds is 5. The molecule has 0 atom stereocenters. The summed E-state index contributed by atoms with van der Waals surface area (Å²) in [4.78, 5) is 14.7. The molecule has 1 heterocycles. The molecule has 0 aliphatic carbocycles. The van der Waals surface area contributed by atoms with Gasteiger partial charge < -0.3 is 10.4 Å². The predicted octanol–water partition coefficient (Wildman–Crippen LogP) is 3.23. The lowest BCUT2D eigenvalue weighted by molar-refractivity contribution is 0.0948. The van der Waals surface area contributed by atoms with Crippen LogP contribution in [0.3, 0.4) is 0 Å². The molecule has 24 heavy (non-hydrogen) atoms. The van der Waals surface area contributed by atoms with Gasteiger partial charge in [0.2, 0.25) is 0 Å². The van der Waals surface area contributed by atoms with Crippen LogP contribution in [0.5, 0.6) is 5.75 Å². The summed E-state index contributed by atoms with van der Waals surface area (Å²) in [6, 6.07) is 13.4. The molecule has 1 fully saturated rings. The van der Waals surface area contributed by atoms with E-state index in [9.17, 15) is 9.90 Å². The highest BCUT2D eigenvalue weighted by Gasteiger charge is 2.12. The molecule has 1 saturated heterocycles. The molecular weight excluding hydrogens is 300 g/mol. The average molecular weight is 324 g/mol. The van der Waals surface area contributed by atoms with Crippen LogP contribution >= 0.6 is 0 Å². The highest BCUT2D eigenvalue weighted by Crippen LogP contribution is 2.18. The maximum atomic E-state index is 12.2. The van der Waals surface area contributed by atoms with E-state index in [4.69, 9.17) is 0 Å². The number of nitrogens with one attached hydrogen (secondary N) is 1. The Balaban J connectivity index is 1.56. The quantitative estimate of drug-likeness (QED) is 0.888. The van der Waals surface area contributed by atoms with Gasteiger partial charge in [0.05, 0.1) is 5.56 Å². The zero-order valence-corrected chi connectivity index (χ0v) is 14.1. The monoisotopic (exact) mass is 324 g/mol. The lowest BCUT2D eigenvalue weighted by Gasteiger charge is -2.14. The van der Waals surface area contributed by atoms with E-state index < -0.39 is 0 Å². The average Bonchev–Trinajstić information content (AvgIpc) is 3.09. The first-order valence-corrected chi connectivity index (χ1v) is 8.50. The van der Waals surface area contributed by atoms with Gasteiger partial charge in [-0.25, -0.2) is 0 Å². The first-order valence-electron chi connectivity index (χ1n) is 8.50. The van der Waals surface area contributed by atoms with Crippen LogP contribution in [-0.2, 0) is 13.1 Å². The first-order chi connectivity index (χ1) is 11.6. The molecule has 126 valence electrons. The van der Waals surface area contributed by atoms with Crippen LogP contribution in [0.4, 0.5) is 0 Å². The highest BCUT2D eigenvalue weighted by molar-refractivity contribution is 5.96. The third-order valence-electron chi connectivity index (χ3n) is 4.48. The SMILES string of the molecule is Cc1ccc(O)c(C(=O)NCc2ccc(CN3CCCC3)cc2)c1. The van der Waals surface area contributed by atoms with Crippen molar-refractivity contribution in [2.45, 2.75) is 32.9 Å². The number of likely N-dealkylation sites (tertiary alicyclic amines) is 1. The minimum absolute atomic E-state index is 0.0130. The van der Waals surface area contributed by atoms with E-state index in [1.54, 1.807) is 18.2 Å². The standard InChI is InChI=1S/C20H24N2O2/c1-15-4-9-19(23)18(12-15)20(24)21-13-16-5-7-17(8-6-16)14-22-10-2-3-11-22/h4-9,12,23H,2-3,10-11,13-14H2,1H3,(H,21,24). The summed E-state index contributed by atoms with van der Waals surface area (Å²) in [6.45, 7) is 5.74. The molecule has 2 aromatic carbocycles. The number of phenols is 1. The zero-order valence-electron chi connectivity index (χ0n) is 14.1. The Morgan fingerprint density at radius 2 is 1.75 bits per heavy atom. The molecule has 0 unspecified atom stereocenters. The van der Waals surface area contributed by atoms with Gasteiger partial charge in [-0.3, -0.25) is 9.69 Å². The number of hydrogen-bond donors (Lipinski definition) is 2. The van der Waals surface area contributed by atoms with Gasteiger partial charge in [0, 0.05) is 13.1 Å². The smallest absolute Gasteiger partial charge is 0.255 e. The number of phenolic OH excluding ortho intramolecular Hbond substituents is 1. The number of carbonyl (C=O) groups excluding carboxylic acids is 1. The van der Waals surface area contributed by atoms with Crippen LogP contribution in [0.25, 0.3) is 0 Å². The normalized spacial score (nSPS) is 14.7. The van der Waals surface area contributed by atoms with E-state index >= 15 is 0 Å². The molecule has 2 N–H and O–H groups in total. The summed E-state index contributed by atoms with van der Waals surface area (Å²) in [6.07, 6.45) is 2.60. The van der Waals surface area contributed by atoms with E-state index in [-0.39, 0.29) is 11.7 Å². The van der Waals surface area contributed by atoms with Gasteiger partial charge in [0.1, 0.15) is 5.75 Å². The van der Waals surface area contributed by atoms with Crippen molar-refractivity contribution >= 4 is 5.91 Å². The van der Waals surface area contributed by atoms with Crippen LogP contribution in [-0.4, -0.2) is 29.0 Å². The Labute approximate surface area is 143 Å². The molecule has 0 bridgehead atoms. The fraction of sp³-hybridized carbons (Fsp3) is 0.350. The Bertz CT molecular complexity index is 704. The zero-order chi connectivity index (χ0) is 16.9. The van der Waals surface area contributed by atoms with Crippen LogP contribution in [0.1, 0.15) is 39.9 Å². The summed E-state index contributed by atoms with van der Waals surface area (Å²) >= 11 is 0. The van der Waals surface area contributed by atoms with Crippen LogP contribution in [0, 0.1) is 6.92 Å². The second-order valence-corrected chi connectivity index (χ2v) is 6.50. The molecule has 3 rings (SSSR count). The van der Waals surface area contributed by atoms with Gasteiger partial charge >= 0.3 is 0 Å². The number of aromatic hydroxyl groups is 1. The van der Waals surface area contributed by atoms with Crippen molar-refractivity contribution in [2.24, 2.45) is 0 Å². The van der Waals surface area contributed by atoms with E-state index in [1.165, 1.54) is 31.5 Å². The number of benzene rings is 2. The second kappa shape index (κ2) is 7.49. The van der Waals surface area contributed by atoms with Crippen molar-refractivity contribution in [1.82, 2.24) is 10.2 Å². The minimum Gasteiger partial charge on any atom is -0.507 e. The van der Waals surface area contributed by atoms with E-state index in [0.717, 1.165) is 17.7 Å². The lowest BCUT2D eigenvalue weighted by Crippen LogP contribution is -2.23. The molecule has 4 nitrogen and oxygen atoms in total. The molecular formula is C20H24N2O2. The van der Waals surface area contributed by atoms with Gasteiger partial charge in [-0.1, -0.05) is 35.9 Å². The van der Waals surface area contributed by atoms with Crippen molar-refractivity contribution in [3.05, 3.63) is 64.7 Å². The number of carbonyl (C=O) groups is 1. The number of nitrogens with zero attached hydrogens (tertiary/aromatic N) is 1. The third-order valence-corrected chi connectivity index (χ3v) is 4.48. The second-order valence-electron chi connectivity index (χ2n) is 6.50. The fourth-order valence-corrected chi connectivity index (χ4v) is 3.07. The van der Waals surface area contributed by atoms with Crippen LogP contribution in [0.2, 0.25) is 0 Å². The van der Waals surface area contributed by atoms with Gasteiger partial charge in [0.25, 0.3) is 5.91 Å². The fourth-order valence-electron chi connectivity index (χ4n) is 3.07. The Hall–Kier alpha value is -2.33. The lowest BCUT2D eigenvalue weighted by atomic mass is 10.1. The summed E-state index contributed by atoms with van der Waals surface area (Å²) < 4.78 is 0. The number of amides is 1. The molecule has 1 aliphatic rings. The summed E-state index contributed by atoms with van der Waals surface area (Å²) in [5.41, 5.74) is 3.63. The molecule has 0 spiro atoms. The first kappa shape index (κ1) is 16.5. The minimum atomic E-state index is -0.252. The highest BCUT2D eigenvalue weighted by atomic mass is 16.3. The largest absolute Gasteiger partial charge is 0.507 e. The topological polar surface area (TPSA) is 52.6 Å². The van der Waals surface area contributed by atoms with E-state index in [0.29, 0.717) is 12.1 Å². The Kier molecular flexibility index (Phi) is 5.16. The molecule has 0 radical (unpaired) electrons. The van der Waals surface area contributed by atoms with Crippen molar-refractivity contribution in [3.8, 4) is 5.75 Å². The van der Waals surface area contributed by atoms with Crippen molar-refractivity contribution in [2.75, 3.05) is 13.1 Å². The van der Waals surface area contributed by atoms with Crippen LogP contribution in [0.15, 0.2) is 42.5 Å². The molecule has 0 saturated carbocycles. The summed E-state index contributed by atoms with van der Waals surface area (Å²) in [5, 5.41) is 12.7. The van der Waals surface area contributed by atoms with Crippen molar-refractivity contribution in [1.29, 1.82) is 0 Å². The van der Waals surface area contributed by atoms with Gasteiger partial charge in [-0.05, 0) is 56.1 Å². The molecule has 1 amide bonds. The summed E-state index contributed by atoms with van der Waals surface area (Å²) in [5.74, 6) is -0.239.